The van der Waals surface area contributed by atoms with Crippen LogP contribution in [0.1, 0.15) is 23.0 Å². The van der Waals surface area contributed by atoms with Crippen LogP contribution in [0, 0.1) is 5.92 Å². The van der Waals surface area contributed by atoms with Crippen LogP contribution in [0.15, 0.2) is 11.7 Å². The molecule has 1 aromatic heterocycles. The van der Waals surface area contributed by atoms with Crippen molar-refractivity contribution in [3.8, 4) is 0 Å². The second-order valence-corrected chi connectivity index (χ2v) is 4.84. The third kappa shape index (κ3) is 3.75. The molecule has 1 atom stereocenters. The van der Waals surface area contributed by atoms with E-state index in [4.69, 9.17) is 0 Å². The average Bonchev–Trinajstić information content (AvgIpc) is 2.67. The number of thiazole rings is 1. The summed E-state index contributed by atoms with van der Waals surface area (Å²) in [7, 11) is 0. The largest absolute Gasteiger partial charge is 0.351 e. The SMILES string of the molecule is CC(CCBr)CNC(=O)c1cncs1. The highest BCUT2D eigenvalue weighted by atomic mass is 79.9. The van der Waals surface area contributed by atoms with Crippen molar-refractivity contribution in [3.05, 3.63) is 16.6 Å². The number of rotatable bonds is 5. The van der Waals surface area contributed by atoms with E-state index in [2.05, 4.69) is 33.2 Å². The summed E-state index contributed by atoms with van der Waals surface area (Å²) in [6.07, 6.45) is 2.66. The van der Waals surface area contributed by atoms with E-state index in [0.717, 1.165) is 18.3 Å². The van der Waals surface area contributed by atoms with Gasteiger partial charge in [0, 0.05) is 11.9 Å². The van der Waals surface area contributed by atoms with Crippen molar-refractivity contribution in [3.63, 3.8) is 0 Å². The fourth-order valence-electron chi connectivity index (χ4n) is 0.970. The van der Waals surface area contributed by atoms with Gasteiger partial charge in [-0.3, -0.25) is 9.78 Å². The van der Waals surface area contributed by atoms with Gasteiger partial charge in [-0.05, 0) is 12.3 Å². The molecule has 1 unspecified atom stereocenters. The predicted octanol–water partition coefficient (Wildman–Crippen LogP) is 2.29. The van der Waals surface area contributed by atoms with Crippen LogP contribution in [-0.4, -0.2) is 22.8 Å². The molecule has 0 aliphatic rings. The van der Waals surface area contributed by atoms with Gasteiger partial charge in [-0.25, -0.2) is 0 Å². The summed E-state index contributed by atoms with van der Waals surface area (Å²) in [5.41, 5.74) is 1.66. The molecule has 0 bridgehead atoms. The highest BCUT2D eigenvalue weighted by molar-refractivity contribution is 9.09. The summed E-state index contributed by atoms with van der Waals surface area (Å²) in [4.78, 5) is 16.0. The van der Waals surface area contributed by atoms with E-state index >= 15 is 0 Å². The summed E-state index contributed by atoms with van der Waals surface area (Å²) in [5.74, 6) is 0.486. The standard InChI is InChI=1S/C9H13BrN2OS/c1-7(2-3-10)4-12-9(13)8-5-11-6-14-8/h5-7H,2-4H2,1H3,(H,12,13). The Hall–Kier alpha value is -0.420. The van der Waals surface area contributed by atoms with Crippen molar-refractivity contribution >= 4 is 33.2 Å². The van der Waals surface area contributed by atoms with Gasteiger partial charge >= 0.3 is 0 Å². The highest BCUT2D eigenvalue weighted by Crippen LogP contribution is 2.06. The molecule has 14 heavy (non-hydrogen) atoms. The molecule has 0 aromatic carbocycles. The Balaban J connectivity index is 2.28. The first-order valence-electron chi connectivity index (χ1n) is 4.46. The molecule has 0 aliphatic carbocycles. The maximum Gasteiger partial charge on any atom is 0.263 e. The van der Waals surface area contributed by atoms with Gasteiger partial charge in [0.15, 0.2) is 0 Å². The van der Waals surface area contributed by atoms with Crippen LogP contribution >= 0.6 is 27.3 Å². The molecule has 1 rings (SSSR count). The van der Waals surface area contributed by atoms with Gasteiger partial charge in [0.05, 0.1) is 11.7 Å². The quantitative estimate of drug-likeness (QED) is 0.839. The van der Waals surface area contributed by atoms with Gasteiger partial charge in [-0.15, -0.1) is 11.3 Å². The highest BCUT2D eigenvalue weighted by Gasteiger charge is 2.08. The summed E-state index contributed by atoms with van der Waals surface area (Å²) >= 11 is 4.74. The van der Waals surface area contributed by atoms with Crippen LogP contribution in [0.4, 0.5) is 0 Å². The summed E-state index contributed by atoms with van der Waals surface area (Å²) in [6, 6.07) is 0. The first kappa shape index (κ1) is 11.7. The molecular formula is C9H13BrN2OS. The molecule has 1 N–H and O–H groups in total. The fraction of sp³-hybridized carbons (Fsp3) is 0.556. The molecule has 0 saturated carbocycles. The Morgan fingerprint density at radius 1 is 1.79 bits per heavy atom. The normalized spacial score (nSPS) is 12.4. The molecule has 1 heterocycles. The Morgan fingerprint density at radius 2 is 2.57 bits per heavy atom. The molecular weight excluding hydrogens is 264 g/mol. The van der Waals surface area contributed by atoms with Gasteiger partial charge in [0.25, 0.3) is 5.91 Å². The van der Waals surface area contributed by atoms with Gasteiger partial charge in [0.2, 0.25) is 0 Å². The molecule has 5 heteroatoms. The van der Waals surface area contributed by atoms with Gasteiger partial charge in [-0.2, -0.15) is 0 Å². The second-order valence-electron chi connectivity index (χ2n) is 3.16. The Labute approximate surface area is 96.1 Å². The molecule has 78 valence electrons. The van der Waals surface area contributed by atoms with E-state index in [9.17, 15) is 4.79 Å². The molecule has 3 nitrogen and oxygen atoms in total. The number of amides is 1. The van der Waals surface area contributed by atoms with Crippen molar-refractivity contribution in [2.45, 2.75) is 13.3 Å². The van der Waals surface area contributed by atoms with E-state index < -0.39 is 0 Å². The van der Waals surface area contributed by atoms with Crippen molar-refractivity contribution in [2.24, 2.45) is 5.92 Å². The Morgan fingerprint density at radius 3 is 3.14 bits per heavy atom. The van der Waals surface area contributed by atoms with Crippen LogP contribution in [0.2, 0.25) is 0 Å². The number of carbonyl (C=O) groups excluding carboxylic acids is 1. The van der Waals surface area contributed by atoms with Crippen molar-refractivity contribution in [1.29, 1.82) is 0 Å². The predicted molar refractivity (Wildman–Crippen MR) is 62.0 cm³/mol. The monoisotopic (exact) mass is 276 g/mol. The maximum absolute atomic E-state index is 11.5. The van der Waals surface area contributed by atoms with Gasteiger partial charge in [0.1, 0.15) is 4.88 Å². The van der Waals surface area contributed by atoms with Crippen molar-refractivity contribution in [1.82, 2.24) is 10.3 Å². The number of carbonyl (C=O) groups is 1. The minimum Gasteiger partial charge on any atom is -0.351 e. The lowest BCUT2D eigenvalue weighted by atomic mass is 10.1. The van der Waals surface area contributed by atoms with Crippen LogP contribution in [0.5, 0.6) is 0 Å². The molecule has 0 radical (unpaired) electrons. The Kier molecular flexibility index (Phi) is 5.11. The molecule has 0 aliphatic heterocycles. The van der Waals surface area contributed by atoms with Crippen molar-refractivity contribution < 1.29 is 4.79 Å². The molecule has 0 spiro atoms. The zero-order chi connectivity index (χ0) is 10.4. The third-order valence-corrected chi connectivity index (χ3v) is 3.10. The van der Waals surface area contributed by atoms with Crippen LogP contribution in [0.25, 0.3) is 0 Å². The number of hydrogen-bond donors (Lipinski definition) is 1. The zero-order valence-corrected chi connectivity index (χ0v) is 10.4. The minimum atomic E-state index is -0.0195. The fourth-order valence-corrected chi connectivity index (χ4v) is 2.29. The van der Waals surface area contributed by atoms with E-state index in [-0.39, 0.29) is 5.91 Å². The summed E-state index contributed by atoms with van der Waals surface area (Å²) in [6.45, 7) is 2.84. The molecule has 1 aromatic rings. The smallest absolute Gasteiger partial charge is 0.263 e. The minimum absolute atomic E-state index is 0.0195. The topological polar surface area (TPSA) is 42.0 Å². The lowest BCUT2D eigenvalue weighted by Gasteiger charge is -2.09. The summed E-state index contributed by atoms with van der Waals surface area (Å²) < 4.78 is 0. The number of alkyl halides is 1. The van der Waals surface area contributed by atoms with Crippen molar-refractivity contribution in [2.75, 3.05) is 11.9 Å². The van der Waals surface area contributed by atoms with E-state index in [0.29, 0.717) is 10.8 Å². The van der Waals surface area contributed by atoms with Gasteiger partial charge in [-0.1, -0.05) is 22.9 Å². The lowest BCUT2D eigenvalue weighted by Crippen LogP contribution is -2.27. The number of halogens is 1. The maximum atomic E-state index is 11.5. The van der Waals surface area contributed by atoms with E-state index in [1.54, 1.807) is 11.7 Å². The van der Waals surface area contributed by atoms with Crippen LogP contribution < -0.4 is 5.32 Å². The molecule has 0 saturated heterocycles. The number of aromatic nitrogens is 1. The number of nitrogens with zero attached hydrogens (tertiary/aromatic N) is 1. The number of nitrogens with one attached hydrogen (secondary N) is 1. The molecule has 0 fully saturated rings. The third-order valence-electron chi connectivity index (χ3n) is 1.87. The summed E-state index contributed by atoms with van der Waals surface area (Å²) in [5, 5.41) is 3.86. The van der Waals surface area contributed by atoms with Crippen LogP contribution in [-0.2, 0) is 0 Å². The first-order valence-corrected chi connectivity index (χ1v) is 6.46. The van der Waals surface area contributed by atoms with Gasteiger partial charge < -0.3 is 5.32 Å². The molecule has 1 amide bonds. The zero-order valence-electron chi connectivity index (χ0n) is 8.00. The van der Waals surface area contributed by atoms with E-state index in [1.807, 2.05) is 0 Å². The second kappa shape index (κ2) is 6.14. The Bertz CT molecular complexity index is 276. The number of hydrogen-bond acceptors (Lipinski definition) is 3. The van der Waals surface area contributed by atoms with E-state index in [1.165, 1.54) is 11.3 Å². The first-order chi connectivity index (χ1) is 6.74. The average molecular weight is 277 g/mol. The van der Waals surface area contributed by atoms with Crippen LogP contribution in [0.3, 0.4) is 0 Å². The lowest BCUT2D eigenvalue weighted by molar-refractivity contribution is 0.0952.